The zero-order valence-corrected chi connectivity index (χ0v) is 8.68. The van der Waals surface area contributed by atoms with Gasteiger partial charge in [0, 0.05) is 19.4 Å². The van der Waals surface area contributed by atoms with Crippen molar-refractivity contribution < 1.29 is 0 Å². The molecular weight excluding hydrogens is 204 g/mol. The first-order chi connectivity index (χ1) is 7.70. The average Bonchev–Trinajstić information content (AvgIpc) is 2.67. The number of nitrogens with zero attached hydrogens (tertiary/aromatic N) is 4. The minimum Gasteiger partial charge on any atom is -0.395 e. The van der Waals surface area contributed by atoms with Crippen molar-refractivity contribution in [2.45, 2.75) is 0 Å². The maximum atomic E-state index is 8.81. The Bertz CT molecular complexity index is 551. The first-order valence-electron chi connectivity index (χ1n) is 4.61. The van der Waals surface area contributed by atoms with E-state index in [9.17, 15) is 0 Å². The number of rotatable bonds is 2. The number of pyridine rings is 1. The molecule has 0 amide bonds. The smallest absolute Gasteiger partial charge is 0.155 e. The number of nitrogens with one attached hydrogen (secondary N) is 1. The largest absolute Gasteiger partial charge is 0.395 e. The van der Waals surface area contributed by atoms with E-state index >= 15 is 0 Å². The summed E-state index contributed by atoms with van der Waals surface area (Å²) < 4.78 is 1.66. The second-order valence-electron chi connectivity index (χ2n) is 3.26. The van der Waals surface area contributed by atoms with Crippen LogP contribution in [0.2, 0.25) is 0 Å². The van der Waals surface area contributed by atoms with E-state index < -0.39 is 0 Å². The summed E-state index contributed by atoms with van der Waals surface area (Å²) in [5, 5.41) is 15.8. The summed E-state index contributed by atoms with van der Waals surface area (Å²) in [4.78, 5) is 4.07. The van der Waals surface area contributed by atoms with Crippen molar-refractivity contribution in [1.29, 1.82) is 5.26 Å². The molecule has 0 aliphatic carbocycles. The molecule has 2 aromatic heterocycles. The van der Waals surface area contributed by atoms with Crippen LogP contribution in [0.5, 0.6) is 0 Å². The summed E-state index contributed by atoms with van der Waals surface area (Å²) in [6, 6.07) is 3.57. The Balaban J connectivity index is 2.32. The van der Waals surface area contributed by atoms with Gasteiger partial charge in [0.1, 0.15) is 6.07 Å². The van der Waals surface area contributed by atoms with Gasteiger partial charge in [0.05, 0.1) is 23.1 Å². The molecule has 6 heteroatoms. The average molecular weight is 214 g/mol. The Morgan fingerprint density at radius 1 is 1.56 bits per heavy atom. The number of hydrogen-bond donors (Lipinski definition) is 2. The van der Waals surface area contributed by atoms with E-state index in [4.69, 9.17) is 11.0 Å². The van der Waals surface area contributed by atoms with Gasteiger partial charge >= 0.3 is 0 Å². The van der Waals surface area contributed by atoms with E-state index in [1.54, 1.807) is 23.1 Å². The fourth-order valence-electron chi connectivity index (χ4n) is 1.29. The van der Waals surface area contributed by atoms with Crippen molar-refractivity contribution in [3.05, 3.63) is 30.2 Å². The predicted molar refractivity (Wildman–Crippen MR) is 59.9 cm³/mol. The minimum absolute atomic E-state index is 0.342. The number of hydrogen-bond acceptors (Lipinski definition) is 5. The number of nitrogens with two attached hydrogens (primary N) is 1. The highest BCUT2D eigenvalue weighted by molar-refractivity contribution is 5.73. The van der Waals surface area contributed by atoms with Crippen LogP contribution in [0.25, 0.3) is 0 Å². The molecule has 2 heterocycles. The Hall–Kier alpha value is -2.55. The maximum absolute atomic E-state index is 8.81. The van der Waals surface area contributed by atoms with Crippen LogP contribution in [0.15, 0.2) is 24.7 Å². The van der Waals surface area contributed by atoms with Gasteiger partial charge < -0.3 is 11.1 Å². The molecule has 0 saturated carbocycles. The molecule has 2 aromatic rings. The van der Waals surface area contributed by atoms with Crippen LogP contribution in [-0.4, -0.2) is 14.8 Å². The van der Waals surface area contributed by atoms with E-state index in [0.29, 0.717) is 17.1 Å². The van der Waals surface area contributed by atoms with Gasteiger partial charge in [-0.15, -0.1) is 0 Å². The second kappa shape index (κ2) is 3.90. The molecule has 80 valence electrons. The molecule has 0 unspecified atom stereocenters. The van der Waals surface area contributed by atoms with Gasteiger partial charge in [0.2, 0.25) is 0 Å². The van der Waals surface area contributed by atoms with Crippen LogP contribution >= 0.6 is 0 Å². The number of nitriles is 1. The van der Waals surface area contributed by atoms with Crippen molar-refractivity contribution in [3.8, 4) is 6.07 Å². The molecule has 0 aliphatic heterocycles. The second-order valence-corrected chi connectivity index (χ2v) is 3.26. The minimum atomic E-state index is 0.342. The molecule has 0 aliphatic rings. The lowest BCUT2D eigenvalue weighted by Crippen LogP contribution is -2.00. The van der Waals surface area contributed by atoms with Crippen molar-refractivity contribution in [3.63, 3.8) is 0 Å². The highest BCUT2D eigenvalue weighted by atomic mass is 15.3. The SMILES string of the molecule is Cn1cc(Nc2nccc(C#N)c2N)cn1. The van der Waals surface area contributed by atoms with E-state index in [1.165, 1.54) is 6.20 Å². The third-order valence-electron chi connectivity index (χ3n) is 2.08. The number of aromatic nitrogens is 3. The number of anilines is 3. The van der Waals surface area contributed by atoms with Gasteiger partial charge in [-0.25, -0.2) is 4.98 Å². The fourth-order valence-corrected chi connectivity index (χ4v) is 1.29. The summed E-state index contributed by atoms with van der Waals surface area (Å²) in [7, 11) is 1.81. The molecule has 2 rings (SSSR count). The van der Waals surface area contributed by atoms with E-state index in [0.717, 1.165) is 5.69 Å². The van der Waals surface area contributed by atoms with Crippen molar-refractivity contribution >= 4 is 17.2 Å². The topological polar surface area (TPSA) is 92.5 Å². The van der Waals surface area contributed by atoms with E-state index in [2.05, 4.69) is 15.4 Å². The van der Waals surface area contributed by atoms with Gasteiger partial charge in [0.15, 0.2) is 5.82 Å². The number of aryl methyl sites for hydroxylation is 1. The molecule has 0 fully saturated rings. The highest BCUT2D eigenvalue weighted by Gasteiger charge is 2.06. The molecule has 0 bridgehead atoms. The zero-order chi connectivity index (χ0) is 11.5. The number of nitrogen functional groups attached to an aromatic ring is 1. The summed E-state index contributed by atoms with van der Waals surface area (Å²) in [6.45, 7) is 0. The van der Waals surface area contributed by atoms with Gasteiger partial charge in [0.25, 0.3) is 0 Å². The quantitative estimate of drug-likeness (QED) is 0.778. The van der Waals surface area contributed by atoms with Gasteiger partial charge in [-0.05, 0) is 6.07 Å². The molecule has 0 saturated heterocycles. The van der Waals surface area contributed by atoms with Crippen LogP contribution in [0.1, 0.15) is 5.56 Å². The predicted octanol–water partition coefficient (Wildman–Crippen LogP) is 1.01. The van der Waals surface area contributed by atoms with Gasteiger partial charge in [-0.3, -0.25) is 4.68 Å². The van der Waals surface area contributed by atoms with Crippen LogP contribution in [0.3, 0.4) is 0 Å². The lowest BCUT2D eigenvalue weighted by Gasteiger charge is -2.06. The molecule has 0 atom stereocenters. The summed E-state index contributed by atoms with van der Waals surface area (Å²) in [6.07, 6.45) is 4.98. The normalized spacial score (nSPS) is 9.75. The molecule has 6 nitrogen and oxygen atoms in total. The maximum Gasteiger partial charge on any atom is 0.155 e. The fraction of sp³-hybridized carbons (Fsp3) is 0.100. The lowest BCUT2D eigenvalue weighted by atomic mass is 10.2. The lowest BCUT2D eigenvalue weighted by molar-refractivity contribution is 0.768. The van der Waals surface area contributed by atoms with E-state index in [-0.39, 0.29) is 0 Å². The third-order valence-corrected chi connectivity index (χ3v) is 2.08. The molecule has 0 radical (unpaired) electrons. The Morgan fingerprint density at radius 2 is 2.38 bits per heavy atom. The van der Waals surface area contributed by atoms with Crippen molar-refractivity contribution in [1.82, 2.24) is 14.8 Å². The summed E-state index contributed by atoms with van der Waals surface area (Å²) >= 11 is 0. The van der Waals surface area contributed by atoms with Gasteiger partial charge in [-0.1, -0.05) is 0 Å². The standard InChI is InChI=1S/C10H10N6/c1-16-6-8(5-14-16)15-10-9(12)7(4-11)2-3-13-10/h2-3,5-6H,12H2,1H3,(H,13,15). The Morgan fingerprint density at radius 3 is 3.00 bits per heavy atom. The monoisotopic (exact) mass is 214 g/mol. The first kappa shape index (κ1) is 9.98. The van der Waals surface area contributed by atoms with Crippen molar-refractivity contribution in [2.24, 2.45) is 7.05 Å². The highest BCUT2D eigenvalue weighted by Crippen LogP contribution is 2.22. The molecule has 16 heavy (non-hydrogen) atoms. The Labute approximate surface area is 92.3 Å². The summed E-state index contributed by atoms with van der Waals surface area (Å²) in [5.41, 5.74) is 7.29. The van der Waals surface area contributed by atoms with Crippen molar-refractivity contribution in [2.75, 3.05) is 11.1 Å². The van der Waals surface area contributed by atoms with Crippen LogP contribution in [-0.2, 0) is 7.05 Å². The van der Waals surface area contributed by atoms with E-state index in [1.807, 2.05) is 13.1 Å². The molecule has 3 N–H and O–H groups in total. The third kappa shape index (κ3) is 1.79. The van der Waals surface area contributed by atoms with Crippen LogP contribution in [0.4, 0.5) is 17.2 Å². The molecular formula is C10H10N6. The summed E-state index contributed by atoms with van der Waals surface area (Å²) in [5.74, 6) is 0.465. The van der Waals surface area contributed by atoms with Crippen LogP contribution < -0.4 is 11.1 Å². The molecule has 0 spiro atoms. The first-order valence-corrected chi connectivity index (χ1v) is 4.61. The zero-order valence-electron chi connectivity index (χ0n) is 8.68. The molecule has 0 aromatic carbocycles. The van der Waals surface area contributed by atoms with Crippen LogP contribution in [0, 0.1) is 11.3 Å². The van der Waals surface area contributed by atoms with Gasteiger partial charge in [-0.2, -0.15) is 10.4 Å². The Kier molecular flexibility index (Phi) is 2.44.